The lowest BCUT2D eigenvalue weighted by Gasteiger charge is -2.31. The van der Waals surface area contributed by atoms with Gasteiger partial charge < -0.3 is 10.2 Å². The molecule has 0 bridgehead atoms. The predicted molar refractivity (Wildman–Crippen MR) is 76.8 cm³/mol. The van der Waals surface area contributed by atoms with Crippen molar-refractivity contribution in [1.29, 1.82) is 0 Å². The second kappa shape index (κ2) is 6.35. The number of carbonyl (C=O) groups excluding carboxylic acids is 2. The second-order valence-corrected chi connectivity index (χ2v) is 5.66. The van der Waals surface area contributed by atoms with Gasteiger partial charge in [0.2, 0.25) is 5.91 Å². The summed E-state index contributed by atoms with van der Waals surface area (Å²) in [5, 5.41) is 2.63. The molecule has 1 saturated heterocycles. The van der Waals surface area contributed by atoms with Gasteiger partial charge in [0.05, 0.1) is 4.47 Å². The Hall–Kier alpha value is -1.43. The van der Waals surface area contributed by atoms with E-state index in [0.29, 0.717) is 36.0 Å². The summed E-state index contributed by atoms with van der Waals surface area (Å²) in [6, 6.07) is 4.36. The van der Waals surface area contributed by atoms with Gasteiger partial charge in [-0.25, -0.2) is 4.39 Å². The normalized spacial score (nSPS) is 16.1. The van der Waals surface area contributed by atoms with Crippen LogP contribution in [0.3, 0.4) is 0 Å². The molecule has 0 spiro atoms. The fraction of sp³-hybridized carbons (Fsp3) is 0.429. The number of rotatable bonds is 2. The Bertz CT molecular complexity index is 528. The molecule has 0 aliphatic carbocycles. The van der Waals surface area contributed by atoms with Gasteiger partial charge in [0.15, 0.2) is 0 Å². The number of piperidine rings is 1. The van der Waals surface area contributed by atoms with Crippen molar-refractivity contribution in [2.75, 3.05) is 20.1 Å². The smallest absolute Gasteiger partial charge is 0.253 e. The van der Waals surface area contributed by atoms with E-state index in [1.807, 2.05) is 0 Å². The van der Waals surface area contributed by atoms with Gasteiger partial charge in [0.1, 0.15) is 5.82 Å². The molecular formula is C14H16BrFN2O2. The number of amides is 2. The largest absolute Gasteiger partial charge is 0.359 e. The molecule has 0 aromatic heterocycles. The number of likely N-dealkylation sites (tertiary alicyclic amines) is 1. The number of carbonyl (C=O) groups is 2. The zero-order valence-corrected chi connectivity index (χ0v) is 12.7. The molecule has 2 amide bonds. The molecule has 1 heterocycles. The molecule has 1 aromatic carbocycles. The Labute approximate surface area is 125 Å². The summed E-state index contributed by atoms with van der Waals surface area (Å²) in [4.78, 5) is 25.4. The molecule has 1 aliphatic rings. The molecule has 0 radical (unpaired) electrons. The van der Waals surface area contributed by atoms with E-state index in [4.69, 9.17) is 0 Å². The Kier molecular flexibility index (Phi) is 4.75. The van der Waals surface area contributed by atoms with Crippen LogP contribution in [0.15, 0.2) is 22.7 Å². The van der Waals surface area contributed by atoms with Crippen molar-refractivity contribution in [3.05, 3.63) is 34.1 Å². The Morgan fingerprint density at radius 3 is 2.55 bits per heavy atom. The summed E-state index contributed by atoms with van der Waals surface area (Å²) in [7, 11) is 1.62. The Balaban J connectivity index is 2.01. The average Bonchev–Trinajstić information content (AvgIpc) is 2.48. The van der Waals surface area contributed by atoms with E-state index in [9.17, 15) is 14.0 Å². The molecule has 0 unspecified atom stereocenters. The van der Waals surface area contributed by atoms with E-state index in [0.717, 1.165) is 0 Å². The molecule has 4 nitrogen and oxygen atoms in total. The number of benzene rings is 1. The highest BCUT2D eigenvalue weighted by atomic mass is 79.9. The highest BCUT2D eigenvalue weighted by Crippen LogP contribution is 2.21. The van der Waals surface area contributed by atoms with Crippen molar-refractivity contribution < 1.29 is 14.0 Å². The lowest BCUT2D eigenvalue weighted by Crippen LogP contribution is -2.42. The summed E-state index contributed by atoms with van der Waals surface area (Å²) in [6.45, 7) is 1.04. The first kappa shape index (κ1) is 15.0. The zero-order valence-electron chi connectivity index (χ0n) is 11.2. The van der Waals surface area contributed by atoms with Crippen LogP contribution < -0.4 is 5.32 Å². The van der Waals surface area contributed by atoms with Gasteiger partial charge in [0.25, 0.3) is 5.91 Å². The first-order valence-electron chi connectivity index (χ1n) is 6.49. The minimum Gasteiger partial charge on any atom is -0.359 e. The van der Waals surface area contributed by atoms with Gasteiger partial charge in [-0.05, 0) is 47.0 Å². The number of halogens is 2. The maximum Gasteiger partial charge on any atom is 0.253 e. The summed E-state index contributed by atoms with van der Waals surface area (Å²) < 4.78 is 13.8. The molecule has 1 fully saturated rings. The number of nitrogens with one attached hydrogen (secondary N) is 1. The lowest BCUT2D eigenvalue weighted by atomic mass is 9.95. The summed E-state index contributed by atoms with van der Waals surface area (Å²) in [5.74, 6) is -0.652. The van der Waals surface area contributed by atoms with Gasteiger partial charge in [-0.1, -0.05) is 0 Å². The van der Waals surface area contributed by atoms with Crippen molar-refractivity contribution in [3.63, 3.8) is 0 Å². The Morgan fingerprint density at radius 1 is 1.35 bits per heavy atom. The maximum absolute atomic E-state index is 13.4. The third-order valence-corrected chi connectivity index (χ3v) is 4.21. The topological polar surface area (TPSA) is 49.4 Å². The standard InChI is InChI=1S/C14H16BrFN2O2/c1-17-13(19)9-4-6-18(7-5-9)14(20)10-2-3-11(15)12(16)8-10/h2-3,8-9H,4-7H2,1H3,(H,17,19). The molecule has 1 N–H and O–H groups in total. The van der Waals surface area contributed by atoms with Crippen LogP contribution in [0.25, 0.3) is 0 Å². The maximum atomic E-state index is 13.4. The third kappa shape index (κ3) is 3.17. The molecule has 0 saturated carbocycles. The first-order valence-corrected chi connectivity index (χ1v) is 7.28. The average molecular weight is 343 g/mol. The van der Waals surface area contributed by atoms with Crippen LogP contribution in [-0.2, 0) is 4.79 Å². The molecule has 20 heavy (non-hydrogen) atoms. The van der Waals surface area contributed by atoms with E-state index in [2.05, 4.69) is 21.2 Å². The van der Waals surface area contributed by atoms with Crippen LogP contribution in [0.2, 0.25) is 0 Å². The third-order valence-electron chi connectivity index (χ3n) is 3.57. The minimum absolute atomic E-state index is 0.0202. The quantitative estimate of drug-likeness (QED) is 0.895. The van der Waals surface area contributed by atoms with Crippen LogP contribution in [0.4, 0.5) is 4.39 Å². The molecule has 2 rings (SSSR count). The SMILES string of the molecule is CNC(=O)C1CCN(C(=O)c2ccc(Br)c(F)c2)CC1. The highest BCUT2D eigenvalue weighted by Gasteiger charge is 2.27. The fourth-order valence-corrected chi connectivity index (χ4v) is 2.61. The number of hydrogen-bond donors (Lipinski definition) is 1. The zero-order chi connectivity index (χ0) is 14.7. The number of hydrogen-bond acceptors (Lipinski definition) is 2. The van der Waals surface area contributed by atoms with E-state index in [-0.39, 0.29) is 17.7 Å². The van der Waals surface area contributed by atoms with Crippen LogP contribution >= 0.6 is 15.9 Å². The molecular weight excluding hydrogens is 327 g/mol. The van der Waals surface area contributed by atoms with E-state index >= 15 is 0 Å². The van der Waals surface area contributed by atoms with Gasteiger partial charge in [-0.3, -0.25) is 9.59 Å². The predicted octanol–water partition coefficient (Wildman–Crippen LogP) is 2.19. The summed E-state index contributed by atoms with van der Waals surface area (Å²) in [5.41, 5.74) is 0.337. The van der Waals surface area contributed by atoms with Gasteiger partial charge >= 0.3 is 0 Å². The molecule has 0 atom stereocenters. The van der Waals surface area contributed by atoms with Gasteiger partial charge in [0, 0.05) is 31.6 Å². The van der Waals surface area contributed by atoms with Crippen LogP contribution in [0, 0.1) is 11.7 Å². The van der Waals surface area contributed by atoms with E-state index < -0.39 is 5.82 Å². The van der Waals surface area contributed by atoms with Crippen LogP contribution in [-0.4, -0.2) is 36.9 Å². The molecule has 108 valence electrons. The van der Waals surface area contributed by atoms with Gasteiger partial charge in [-0.2, -0.15) is 0 Å². The lowest BCUT2D eigenvalue weighted by molar-refractivity contribution is -0.125. The van der Waals surface area contributed by atoms with Crippen molar-refractivity contribution in [2.45, 2.75) is 12.8 Å². The van der Waals surface area contributed by atoms with Crippen molar-refractivity contribution in [1.82, 2.24) is 10.2 Å². The second-order valence-electron chi connectivity index (χ2n) is 4.81. The summed E-state index contributed by atoms with van der Waals surface area (Å²) >= 11 is 3.06. The first-order chi connectivity index (χ1) is 9.52. The minimum atomic E-state index is -0.448. The van der Waals surface area contributed by atoms with Crippen molar-refractivity contribution in [3.8, 4) is 0 Å². The molecule has 6 heteroatoms. The van der Waals surface area contributed by atoms with Crippen molar-refractivity contribution >= 4 is 27.7 Å². The van der Waals surface area contributed by atoms with Crippen LogP contribution in [0.5, 0.6) is 0 Å². The highest BCUT2D eigenvalue weighted by molar-refractivity contribution is 9.10. The fourth-order valence-electron chi connectivity index (χ4n) is 2.36. The summed E-state index contributed by atoms with van der Waals surface area (Å²) in [6.07, 6.45) is 1.29. The van der Waals surface area contributed by atoms with E-state index in [1.165, 1.54) is 12.1 Å². The number of nitrogens with zero attached hydrogens (tertiary/aromatic N) is 1. The monoisotopic (exact) mass is 342 g/mol. The van der Waals surface area contributed by atoms with Crippen molar-refractivity contribution in [2.24, 2.45) is 5.92 Å². The molecule has 1 aliphatic heterocycles. The van der Waals surface area contributed by atoms with Gasteiger partial charge in [-0.15, -0.1) is 0 Å². The van der Waals surface area contributed by atoms with Crippen LogP contribution in [0.1, 0.15) is 23.2 Å². The molecule has 1 aromatic rings. The van der Waals surface area contributed by atoms with E-state index in [1.54, 1.807) is 18.0 Å². The Morgan fingerprint density at radius 2 is 2.00 bits per heavy atom.